The van der Waals surface area contributed by atoms with Gasteiger partial charge < -0.3 is 4.90 Å². The molecule has 10 heteroatoms. The molecule has 172 valence electrons. The molecule has 1 aromatic carbocycles. The Morgan fingerprint density at radius 2 is 2.00 bits per heavy atom. The van der Waals surface area contributed by atoms with Crippen LogP contribution in [-0.2, 0) is 30.6 Å². The second kappa shape index (κ2) is 9.58. The van der Waals surface area contributed by atoms with Gasteiger partial charge in [0.1, 0.15) is 16.8 Å². The molecule has 0 radical (unpaired) electrons. The molecule has 1 aliphatic rings. The van der Waals surface area contributed by atoms with Crippen molar-refractivity contribution < 1.29 is 22.4 Å². The molecule has 0 fully saturated rings. The Morgan fingerprint density at radius 1 is 1.30 bits per heavy atom. The van der Waals surface area contributed by atoms with Crippen molar-refractivity contribution >= 4 is 17.2 Å². The van der Waals surface area contributed by atoms with Crippen molar-refractivity contribution in [2.75, 3.05) is 0 Å². The zero-order valence-electron chi connectivity index (χ0n) is 17.9. The molecule has 0 N–H and O–H groups in total. The van der Waals surface area contributed by atoms with Crippen LogP contribution in [0, 0.1) is 24.1 Å². The molecule has 33 heavy (non-hydrogen) atoms. The fraction of sp³-hybridized carbons (Fsp3) is 0.261. The maximum absolute atomic E-state index is 13.6. The van der Waals surface area contributed by atoms with Gasteiger partial charge in [-0.2, -0.15) is 23.5 Å². The number of amides is 1. The van der Waals surface area contributed by atoms with Crippen LogP contribution in [0.5, 0.6) is 0 Å². The Hall–Kier alpha value is -3.45. The summed E-state index contributed by atoms with van der Waals surface area (Å²) >= 11 is 1.49. The van der Waals surface area contributed by atoms with Crippen LogP contribution in [0.4, 0.5) is 17.6 Å². The van der Waals surface area contributed by atoms with Crippen LogP contribution in [0.15, 0.2) is 43.1 Å². The van der Waals surface area contributed by atoms with Gasteiger partial charge in [-0.15, -0.1) is 11.3 Å². The van der Waals surface area contributed by atoms with E-state index in [1.54, 1.807) is 11.8 Å². The number of carbonyl (C=O) groups is 1. The maximum Gasteiger partial charge on any atom is 0.435 e. The van der Waals surface area contributed by atoms with E-state index in [1.165, 1.54) is 41.8 Å². The molecule has 0 aliphatic carbocycles. The maximum atomic E-state index is 13.6. The first kappa shape index (κ1) is 24.2. The summed E-state index contributed by atoms with van der Waals surface area (Å²) in [7, 11) is 0. The molecule has 2 aromatic heterocycles. The molecule has 0 saturated heterocycles. The number of nitriles is 1. The lowest BCUT2D eigenvalue weighted by Gasteiger charge is -2.12. The highest BCUT2D eigenvalue weighted by Crippen LogP contribution is 2.37. The first-order chi connectivity index (χ1) is 15.6. The predicted octanol–water partition coefficient (Wildman–Crippen LogP) is 5.68. The molecule has 0 saturated carbocycles. The van der Waals surface area contributed by atoms with Crippen LogP contribution < -0.4 is 0 Å². The van der Waals surface area contributed by atoms with Crippen LogP contribution in [0.3, 0.4) is 0 Å². The Labute approximate surface area is 192 Å². The van der Waals surface area contributed by atoms with Crippen LogP contribution >= 0.6 is 11.3 Å². The zero-order chi connectivity index (χ0) is 24.3. The van der Waals surface area contributed by atoms with Gasteiger partial charge in [0.15, 0.2) is 5.69 Å². The summed E-state index contributed by atoms with van der Waals surface area (Å²) in [4.78, 5) is 15.0. The number of alkyl halides is 3. The first-order valence-electron chi connectivity index (χ1n) is 9.92. The molecule has 5 nitrogen and oxygen atoms in total. The van der Waals surface area contributed by atoms with Gasteiger partial charge in [0.05, 0.1) is 6.54 Å². The number of carbonyl (C=O) groups excluding carboxylic acids is 1. The summed E-state index contributed by atoms with van der Waals surface area (Å²) in [5.74, 6) is -0.741. The smallest absolute Gasteiger partial charge is 0.330 e. The monoisotopic (exact) mass is 476 g/mol. The molecule has 3 heterocycles. The quantitative estimate of drug-likeness (QED) is 0.361. The summed E-state index contributed by atoms with van der Waals surface area (Å²) in [5, 5.41) is 12.3. The number of rotatable bonds is 3. The third-order valence-corrected chi connectivity index (χ3v) is 6.37. The minimum Gasteiger partial charge on any atom is -0.330 e. The number of thiophene rings is 1. The van der Waals surface area contributed by atoms with E-state index in [9.17, 15) is 22.4 Å². The summed E-state index contributed by atoms with van der Waals surface area (Å²) in [5.41, 5.74) is 0.782. The molecule has 1 amide bonds. The number of fused-ring (bicyclic) bond motifs is 1. The van der Waals surface area contributed by atoms with E-state index in [-0.39, 0.29) is 23.6 Å². The van der Waals surface area contributed by atoms with E-state index >= 15 is 0 Å². The van der Waals surface area contributed by atoms with Crippen molar-refractivity contribution in [3.8, 4) is 17.2 Å². The van der Waals surface area contributed by atoms with E-state index in [4.69, 9.17) is 5.26 Å². The normalized spacial score (nSPS) is 12.6. The zero-order valence-corrected chi connectivity index (χ0v) is 18.7. The highest BCUT2D eigenvalue weighted by Gasteiger charge is 2.38. The van der Waals surface area contributed by atoms with Crippen LogP contribution in [0.2, 0.25) is 0 Å². The number of nitrogens with zero attached hydrogens (tertiary/aromatic N) is 4. The summed E-state index contributed by atoms with van der Waals surface area (Å²) in [6.45, 7) is 8.60. The molecule has 0 atom stereocenters. The SMILES string of the molecule is C=CC(=O)N1Cc2sc(C#N)c(C)c2C1.CCn1cc(-c2ccccc2F)c(C(F)(F)F)n1. The topological polar surface area (TPSA) is 61.9 Å². The molecule has 3 aromatic rings. The molecule has 0 unspecified atom stereocenters. The van der Waals surface area contributed by atoms with Crippen molar-refractivity contribution in [2.45, 2.75) is 39.7 Å². The highest BCUT2D eigenvalue weighted by atomic mass is 32.1. The van der Waals surface area contributed by atoms with Crippen LogP contribution in [-0.4, -0.2) is 20.6 Å². The highest BCUT2D eigenvalue weighted by molar-refractivity contribution is 7.12. The number of hydrogen-bond acceptors (Lipinski definition) is 4. The lowest BCUT2D eigenvalue weighted by Crippen LogP contribution is -2.22. The number of aromatic nitrogens is 2. The van der Waals surface area contributed by atoms with E-state index < -0.39 is 17.7 Å². The van der Waals surface area contributed by atoms with E-state index in [1.807, 2.05) is 6.92 Å². The fourth-order valence-electron chi connectivity index (χ4n) is 3.42. The number of benzene rings is 1. The fourth-order valence-corrected chi connectivity index (χ4v) is 4.55. The molecular formula is C23H20F4N4OS. The first-order valence-corrected chi connectivity index (χ1v) is 10.7. The average Bonchev–Trinajstić information content (AvgIpc) is 3.48. The number of halogens is 4. The van der Waals surface area contributed by atoms with E-state index in [2.05, 4.69) is 17.7 Å². The van der Waals surface area contributed by atoms with Gasteiger partial charge in [-0.05, 0) is 37.1 Å². The van der Waals surface area contributed by atoms with Crippen molar-refractivity contribution in [3.63, 3.8) is 0 Å². The van der Waals surface area contributed by atoms with Gasteiger partial charge in [-0.1, -0.05) is 24.8 Å². The number of hydrogen-bond donors (Lipinski definition) is 0. The Kier molecular flexibility index (Phi) is 7.03. The van der Waals surface area contributed by atoms with E-state index in [0.29, 0.717) is 13.1 Å². The largest absolute Gasteiger partial charge is 0.435 e. The predicted molar refractivity (Wildman–Crippen MR) is 117 cm³/mol. The van der Waals surface area contributed by atoms with Gasteiger partial charge in [-0.3, -0.25) is 9.48 Å². The lowest BCUT2D eigenvalue weighted by atomic mass is 10.1. The third kappa shape index (κ3) is 4.98. The average molecular weight is 476 g/mol. The minimum absolute atomic E-state index is 0.0451. The van der Waals surface area contributed by atoms with Crippen molar-refractivity contribution in [2.24, 2.45) is 0 Å². The van der Waals surface area contributed by atoms with Crippen LogP contribution in [0.25, 0.3) is 11.1 Å². The summed E-state index contributed by atoms with van der Waals surface area (Å²) in [6, 6.07) is 7.52. The van der Waals surface area contributed by atoms with Gasteiger partial charge in [-0.25, -0.2) is 4.39 Å². The Bertz CT molecular complexity index is 1240. The van der Waals surface area contributed by atoms with Gasteiger partial charge in [0, 0.05) is 35.3 Å². The van der Waals surface area contributed by atoms with Crippen LogP contribution in [0.1, 0.15) is 33.5 Å². The molecule has 1 aliphatic heterocycles. The van der Waals surface area contributed by atoms with Gasteiger partial charge in [0.25, 0.3) is 0 Å². The lowest BCUT2D eigenvalue weighted by molar-refractivity contribution is -0.141. The van der Waals surface area contributed by atoms with E-state index in [0.717, 1.165) is 31.6 Å². The molecule has 0 bridgehead atoms. The van der Waals surface area contributed by atoms with Crippen molar-refractivity contribution in [1.29, 1.82) is 5.26 Å². The Balaban J connectivity index is 0.000000189. The number of aryl methyl sites for hydroxylation is 1. The Morgan fingerprint density at radius 3 is 2.55 bits per heavy atom. The summed E-state index contributed by atoms with van der Waals surface area (Å²) < 4.78 is 53.1. The molecule has 0 spiro atoms. The second-order valence-electron chi connectivity index (χ2n) is 7.19. The van der Waals surface area contributed by atoms with Gasteiger partial charge >= 0.3 is 6.18 Å². The molecule has 4 rings (SSSR count). The standard InChI is InChI=1S/C12H10F4N2.C11H10N2OS/c1-2-18-7-9(11(17-18)12(14,15)16)8-5-3-4-6-10(8)13;1-3-11(14)13-5-8-7(2)9(4-12)15-10(8)6-13/h3-7H,2H2,1H3;3H,1,5-6H2,2H3. The van der Waals surface area contributed by atoms with Crippen molar-refractivity contribution in [3.05, 3.63) is 75.5 Å². The minimum atomic E-state index is -4.60. The van der Waals surface area contributed by atoms with Gasteiger partial charge in [0.2, 0.25) is 5.91 Å². The second-order valence-corrected chi connectivity index (χ2v) is 8.30. The van der Waals surface area contributed by atoms with Crippen molar-refractivity contribution in [1.82, 2.24) is 14.7 Å². The third-order valence-electron chi connectivity index (χ3n) is 5.14. The molecular weight excluding hydrogens is 456 g/mol. The summed E-state index contributed by atoms with van der Waals surface area (Å²) in [6.07, 6.45) is -2.06.